The van der Waals surface area contributed by atoms with Crippen molar-refractivity contribution in [3.8, 4) is 0 Å². The minimum Gasteiger partial charge on any atom is -0.409 e. The number of hydrogen-bond donors (Lipinski definition) is 8. The molecular formula is C4H8MoN4O4S8. The molecule has 0 radical (unpaired) electrons. The third kappa shape index (κ3) is 93.8. The largest absolute Gasteiger partial charge is 4.00 e. The maximum atomic E-state index is 7.65. The zero-order valence-electron chi connectivity index (χ0n) is 9.46. The topological polar surface area (TPSA) is 129 Å². The molecule has 0 fully saturated rings. The van der Waals surface area contributed by atoms with Gasteiger partial charge in [-0.3, -0.25) is 42.7 Å². The molecule has 0 unspecified atom stereocenters. The van der Waals surface area contributed by atoms with Gasteiger partial charge in [-0.05, 0) is 17.3 Å². The van der Waals surface area contributed by atoms with Gasteiger partial charge in [0.25, 0.3) is 0 Å². The SMILES string of the molecule is ONC(=S)[S-].ONC(=S)[S-].ONC(=S)[S-].ONC(=S)[S-].[Mo+4]. The van der Waals surface area contributed by atoms with Crippen LogP contribution < -0.4 is 21.9 Å². The first-order valence-electron chi connectivity index (χ1n) is 3.53. The van der Waals surface area contributed by atoms with Crippen molar-refractivity contribution in [3.05, 3.63) is 0 Å². The first-order chi connectivity index (χ1) is 9.08. The van der Waals surface area contributed by atoms with Crippen molar-refractivity contribution < 1.29 is 41.9 Å². The summed E-state index contributed by atoms with van der Waals surface area (Å²) in [6.45, 7) is 0. The summed E-state index contributed by atoms with van der Waals surface area (Å²) in [7, 11) is 0. The first kappa shape index (κ1) is 33.5. The van der Waals surface area contributed by atoms with E-state index in [2.05, 4.69) is 99.4 Å². The summed E-state index contributed by atoms with van der Waals surface area (Å²) in [5.74, 6) is 0. The molecule has 0 saturated heterocycles. The van der Waals surface area contributed by atoms with Crippen LogP contribution in [-0.4, -0.2) is 38.1 Å². The second kappa shape index (κ2) is 29.0. The molecule has 21 heavy (non-hydrogen) atoms. The van der Waals surface area contributed by atoms with Gasteiger partial charge >= 0.3 is 21.1 Å². The Hall–Kier alpha value is 0.968. The van der Waals surface area contributed by atoms with Crippen molar-refractivity contribution in [2.75, 3.05) is 0 Å². The van der Waals surface area contributed by atoms with Gasteiger partial charge in [-0.1, -0.05) is 0 Å². The Kier molecular flexibility index (Phi) is 46.4. The summed E-state index contributed by atoms with van der Waals surface area (Å²) in [6.07, 6.45) is 0. The van der Waals surface area contributed by atoms with Gasteiger partial charge in [0.2, 0.25) is 0 Å². The van der Waals surface area contributed by atoms with Crippen LogP contribution in [0.15, 0.2) is 0 Å². The van der Waals surface area contributed by atoms with Crippen LogP contribution >= 0.6 is 48.9 Å². The molecule has 8 nitrogen and oxygen atoms in total. The predicted octanol–water partition coefficient (Wildman–Crippen LogP) is -0.815. The van der Waals surface area contributed by atoms with Crippen LogP contribution in [-0.2, 0) is 71.6 Å². The Morgan fingerprint density at radius 2 is 0.571 bits per heavy atom. The summed E-state index contributed by atoms with van der Waals surface area (Å²) >= 11 is 33.2. The molecule has 0 aromatic heterocycles. The second-order valence-electron chi connectivity index (χ2n) is 1.60. The molecule has 0 aliphatic heterocycles. The fraction of sp³-hybridized carbons (Fsp3) is 0. The smallest absolute Gasteiger partial charge is 0.409 e. The van der Waals surface area contributed by atoms with Crippen molar-refractivity contribution in [2.24, 2.45) is 0 Å². The van der Waals surface area contributed by atoms with E-state index in [9.17, 15) is 0 Å². The molecule has 0 saturated carbocycles. The van der Waals surface area contributed by atoms with Crippen LogP contribution in [0.4, 0.5) is 0 Å². The van der Waals surface area contributed by atoms with E-state index in [1.165, 1.54) is 0 Å². The Morgan fingerprint density at radius 1 is 0.524 bits per heavy atom. The van der Waals surface area contributed by atoms with Crippen molar-refractivity contribution in [1.29, 1.82) is 0 Å². The molecule has 122 valence electrons. The molecule has 0 atom stereocenters. The van der Waals surface area contributed by atoms with Gasteiger partial charge in [0.1, 0.15) is 0 Å². The summed E-state index contributed by atoms with van der Waals surface area (Å²) in [4.78, 5) is 0. The molecule has 0 bridgehead atoms. The van der Waals surface area contributed by atoms with Crippen LogP contribution in [0, 0.1) is 0 Å². The molecule has 0 rings (SSSR count). The number of hydrogen-bond acceptors (Lipinski definition) is 12. The zero-order chi connectivity index (χ0) is 17.1. The number of thiocarbonyl (C=S) groups is 4. The molecule has 0 amide bonds. The van der Waals surface area contributed by atoms with E-state index in [1.807, 2.05) is 0 Å². The van der Waals surface area contributed by atoms with Crippen molar-refractivity contribution >= 4 is 117 Å². The summed E-state index contributed by atoms with van der Waals surface area (Å²) in [6, 6.07) is 0. The average molecular weight is 529 g/mol. The molecule has 0 spiro atoms. The number of hydroxylamine groups is 4. The Bertz CT molecular complexity index is 241. The quantitative estimate of drug-likeness (QED) is 0.0863. The van der Waals surface area contributed by atoms with Crippen LogP contribution in [0.25, 0.3) is 0 Å². The van der Waals surface area contributed by atoms with E-state index >= 15 is 0 Å². The average Bonchev–Trinajstić information content (AvgIpc) is 2.40. The van der Waals surface area contributed by atoms with Gasteiger partial charge < -0.3 is 99.4 Å². The minimum atomic E-state index is -0.0231. The van der Waals surface area contributed by atoms with E-state index in [0.29, 0.717) is 0 Å². The zero-order valence-corrected chi connectivity index (χ0v) is 18.0. The van der Waals surface area contributed by atoms with Gasteiger partial charge in [-0.15, -0.1) is 0 Å². The van der Waals surface area contributed by atoms with Crippen LogP contribution in [0.2, 0.25) is 0 Å². The third-order valence-electron chi connectivity index (χ3n) is 0.365. The summed E-state index contributed by atoms with van der Waals surface area (Å²) in [5.41, 5.74) is 6.30. The van der Waals surface area contributed by atoms with Crippen LogP contribution in [0.3, 0.4) is 0 Å². The molecular weight excluding hydrogens is 521 g/mol. The minimum absolute atomic E-state index is 0. The van der Waals surface area contributed by atoms with Gasteiger partial charge in [0.15, 0.2) is 0 Å². The fourth-order valence-electron chi connectivity index (χ4n) is 0. The Labute approximate surface area is 178 Å². The van der Waals surface area contributed by atoms with Crippen molar-refractivity contribution in [3.63, 3.8) is 0 Å². The first-order valence-corrected chi connectivity index (χ1v) is 6.79. The summed E-state index contributed by atoms with van der Waals surface area (Å²) in [5, 5.41) is 30.6. The maximum absolute atomic E-state index is 7.65. The predicted molar refractivity (Wildman–Crippen MR) is 99.5 cm³/mol. The van der Waals surface area contributed by atoms with E-state index < -0.39 is 0 Å². The fourth-order valence-corrected chi connectivity index (χ4v) is 0. The Balaban J connectivity index is -0.0000000533. The molecule has 0 aromatic carbocycles. The van der Waals surface area contributed by atoms with E-state index in [0.717, 1.165) is 0 Å². The number of rotatable bonds is 0. The molecule has 0 aliphatic carbocycles. The van der Waals surface area contributed by atoms with Gasteiger partial charge in [-0.2, -0.15) is 0 Å². The van der Waals surface area contributed by atoms with Crippen LogP contribution in [0.5, 0.6) is 0 Å². The standard InChI is InChI=1S/4CH3NOS2.Mo/c4*3-2-1(4)5;/h4*3H,(H2,2,4,5);/q;;;;+4/p-4. The maximum Gasteiger partial charge on any atom is 4.00 e. The van der Waals surface area contributed by atoms with Gasteiger partial charge in [0, 0.05) is 0 Å². The summed E-state index contributed by atoms with van der Waals surface area (Å²) < 4.78 is -0.0926. The molecule has 0 aliphatic rings. The van der Waals surface area contributed by atoms with Gasteiger partial charge in [0.05, 0.1) is 0 Å². The molecule has 0 heterocycles. The molecule has 17 heteroatoms. The Morgan fingerprint density at radius 3 is 0.571 bits per heavy atom. The molecule has 8 N–H and O–H groups in total. The van der Waals surface area contributed by atoms with Gasteiger partial charge in [-0.25, -0.2) is 0 Å². The van der Waals surface area contributed by atoms with Crippen molar-refractivity contribution in [2.45, 2.75) is 0 Å². The van der Waals surface area contributed by atoms with E-state index in [-0.39, 0.29) is 38.3 Å². The monoisotopic (exact) mass is 530 g/mol. The molecule has 0 aromatic rings. The normalized spacial score (nSPS) is 6.29. The second-order valence-corrected chi connectivity index (χ2v) is 5.90. The van der Waals surface area contributed by atoms with E-state index in [4.69, 9.17) is 20.8 Å². The van der Waals surface area contributed by atoms with E-state index in [1.54, 1.807) is 21.9 Å². The number of nitrogens with one attached hydrogen (secondary N) is 4. The van der Waals surface area contributed by atoms with Crippen LogP contribution in [0.1, 0.15) is 0 Å². The third-order valence-corrected chi connectivity index (χ3v) is 1.10. The van der Waals surface area contributed by atoms with Crippen molar-refractivity contribution in [1.82, 2.24) is 21.9 Å².